The molecule has 0 radical (unpaired) electrons. The first-order valence-electron chi connectivity index (χ1n) is 6.80. The fourth-order valence-electron chi connectivity index (χ4n) is 2.70. The van der Waals surface area contributed by atoms with Gasteiger partial charge in [0.2, 0.25) is 0 Å². The van der Waals surface area contributed by atoms with Crippen molar-refractivity contribution in [3.63, 3.8) is 0 Å². The zero-order valence-electron chi connectivity index (χ0n) is 11.7. The number of para-hydroxylation sites is 1. The van der Waals surface area contributed by atoms with Crippen LogP contribution >= 0.6 is 0 Å². The van der Waals surface area contributed by atoms with Gasteiger partial charge in [0.15, 0.2) is 0 Å². The summed E-state index contributed by atoms with van der Waals surface area (Å²) in [7, 11) is 0. The van der Waals surface area contributed by atoms with Gasteiger partial charge < -0.3 is 10.2 Å². The van der Waals surface area contributed by atoms with Crippen LogP contribution in [0, 0.1) is 19.8 Å². The van der Waals surface area contributed by atoms with Crippen LogP contribution in [-0.2, 0) is 0 Å². The zero-order valence-corrected chi connectivity index (χ0v) is 11.7. The summed E-state index contributed by atoms with van der Waals surface area (Å²) < 4.78 is 7.97. The number of aryl methyl sites for hydroxylation is 2. The van der Waals surface area contributed by atoms with Crippen LogP contribution in [0.15, 0.2) is 36.4 Å². The van der Waals surface area contributed by atoms with Crippen molar-refractivity contribution >= 4 is 0 Å². The Morgan fingerprint density at radius 1 is 1.11 bits per heavy atom. The first kappa shape index (κ1) is 12.2. The minimum Gasteiger partial charge on any atom is -0.493 e. The normalized spacial score (nSPS) is 21.6. The number of hydrogen-bond acceptors (Lipinski definition) is 2. The number of hydrogen-bond donors (Lipinski definition) is 1. The molecule has 1 aliphatic heterocycles. The molecule has 0 saturated heterocycles. The average molecular weight is 256 g/mol. The molecule has 2 heterocycles. The number of ether oxygens (including phenoxy) is 1. The fourth-order valence-corrected chi connectivity index (χ4v) is 2.70. The lowest BCUT2D eigenvalue weighted by Gasteiger charge is -2.33. The second kappa shape index (κ2) is 4.65. The van der Waals surface area contributed by atoms with Gasteiger partial charge in [-0.15, -0.1) is 0 Å². The number of fused-ring (bicyclic) bond motifs is 1. The van der Waals surface area contributed by atoms with Crippen LogP contribution in [-0.4, -0.2) is 11.3 Å². The van der Waals surface area contributed by atoms with Gasteiger partial charge in [-0.2, -0.15) is 0 Å². The fraction of sp³-hybridized carbons (Fsp3) is 0.375. The molecular formula is C16H20N2O. The molecule has 100 valence electrons. The van der Waals surface area contributed by atoms with E-state index in [2.05, 4.69) is 55.1 Å². The van der Waals surface area contributed by atoms with Gasteiger partial charge in [-0.3, -0.25) is 4.68 Å². The minimum atomic E-state index is 0.287. The summed E-state index contributed by atoms with van der Waals surface area (Å²) in [4.78, 5) is 0. The van der Waals surface area contributed by atoms with Crippen LogP contribution in [0.25, 0.3) is 0 Å². The van der Waals surface area contributed by atoms with Gasteiger partial charge in [-0.25, -0.2) is 0 Å². The molecule has 1 aromatic heterocycles. The maximum absolute atomic E-state index is 5.80. The molecule has 0 aliphatic carbocycles. The van der Waals surface area contributed by atoms with Gasteiger partial charge in [-0.1, -0.05) is 25.1 Å². The van der Waals surface area contributed by atoms with Crippen molar-refractivity contribution in [1.82, 2.24) is 4.68 Å². The van der Waals surface area contributed by atoms with Crippen LogP contribution in [0.4, 0.5) is 0 Å². The Morgan fingerprint density at radius 2 is 1.79 bits per heavy atom. The lowest BCUT2D eigenvalue weighted by molar-refractivity contribution is 0.208. The monoisotopic (exact) mass is 256 g/mol. The molecule has 3 heteroatoms. The van der Waals surface area contributed by atoms with Crippen LogP contribution in [0.1, 0.15) is 29.9 Å². The Hall–Kier alpha value is -1.90. The molecular weight excluding hydrogens is 236 g/mol. The van der Waals surface area contributed by atoms with Crippen molar-refractivity contribution < 1.29 is 4.74 Å². The Kier molecular flexibility index (Phi) is 2.97. The summed E-state index contributed by atoms with van der Waals surface area (Å²) in [5.41, 5.74) is 7.34. The first-order chi connectivity index (χ1) is 9.16. The molecule has 0 amide bonds. The molecule has 0 fully saturated rings. The van der Waals surface area contributed by atoms with E-state index < -0.39 is 0 Å². The number of nitrogens with one attached hydrogen (secondary N) is 1. The molecule has 1 aromatic carbocycles. The minimum absolute atomic E-state index is 0.287. The second-order valence-electron chi connectivity index (χ2n) is 5.38. The first-order valence-corrected chi connectivity index (χ1v) is 6.80. The second-order valence-corrected chi connectivity index (χ2v) is 5.38. The SMILES string of the molecule is Cc1ccc(C)n1NC1c2ccccc2OCC1C. The van der Waals surface area contributed by atoms with Gasteiger partial charge in [0.25, 0.3) is 0 Å². The van der Waals surface area contributed by atoms with Gasteiger partial charge in [0.05, 0.1) is 12.6 Å². The molecule has 3 nitrogen and oxygen atoms in total. The maximum Gasteiger partial charge on any atom is 0.124 e. The third-order valence-electron chi connectivity index (χ3n) is 3.86. The largest absolute Gasteiger partial charge is 0.493 e. The smallest absolute Gasteiger partial charge is 0.124 e. The van der Waals surface area contributed by atoms with E-state index in [0.717, 1.165) is 12.4 Å². The van der Waals surface area contributed by atoms with Crippen LogP contribution in [0.5, 0.6) is 5.75 Å². The number of benzene rings is 1. The van der Waals surface area contributed by atoms with Crippen molar-refractivity contribution in [1.29, 1.82) is 0 Å². The Bertz CT molecular complexity index is 569. The van der Waals surface area contributed by atoms with Crippen molar-refractivity contribution in [2.75, 3.05) is 12.0 Å². The quantitative estimate of drug-likeness (QED) is 0.891. The van der Waals surface area contributed by atoms with E-state index >= 15 is 0 Å². The molecule has 19 heavy (non-hydrogen) atoms. The molecule has 2 unspecified atom stereocenters. The Balaban J connectivity index is 1.96. The topological polar surface area (TPSA) is 26.2 Å². The highest BCUT2D eigenvalue weighted by atomic mass is 16.5. The Morgan fingerprint density at radius 3 is 2.53 bits per heavy atom. The summed E-state index contributed by atoms with van der Waals surface area (Å²) >= 11 is 0. The number of aromatic nitrogens is 1. The van der Waals surface area contributed by atoms with E-state index in [1.807, 2.05) is 12.1 Å². The van der Waals surface area contributed by atoms with Crippen molar-refractivity contribution in [3.8, 4) is 5.75 Å². The van der Waals surface area contributed by atoms with Crippen LogP contribution in [0.3, 0.4) is 0 Å². The molecule has 2 aromatic rings. The van der Waals surface area contributed by atoms with E-state index in [0.29, 0.717) is 5.92 Å². The summed E-state index contributed by atoms with van der Waals surface area (Å²) in [6.45, 7) is 7.22. The van der Waals surface area contributed by atoms with E-state index in [-0.39, 0.29) is 6.04 Å². The van der Waals surface area contributed by atoms with Crippen LogP contribution < -0.4 is 10.2 Å². The summed E-state index contributed by atoms with van der Waals surface area (Å²) in [6.07, 6.45) is 0. The summed E-state index contributed by atoms with van der Waals surface area (Å²) in [5.74, 6) is 1.44. The lowest BCUT2D eigenvalue weighted by atomic mass is 9.93. The van der Waals surface area contributed by atoms with E-state index in [9.17, 15) is 0 Å². The highest BCUT2D eigenvalue weighted by Gasteiger charge is 2.28. The molecule has 2 atom stereocenters. The number of nitrogens with zero attached hydrogens (tertiary/aromatic N) is 1. The number of rotatable bonds is 2. The summed E-state index contributed by atoms with van der Waals surface area (Å²) in [6, 6.07) is 12.9. The van der Waals surface area contributed by atoms with Gasteiger partial charge in [-0.05, 0) is 32.0 Å². The van der Waals surface area contributed by atoms with E-state index in [1.54, 1.807) is 0 Å². The Labute approximate surface area is 114 Å². The zero-order chi connectivity index (χ0) is 13.4. The van der Waals surface area contributed by atoms with Crippen molar-refractivity contribution in [3.05, 3.63) is 53.3 Å². The molecule has 0 bridgehead atoms. The van der Waals surface area contributed by atoms with E-state index in [4.69, 9.17) is 4.74 Å². The molecule has 3 rings (SSSR count). The highest BCUT2D eigenvalue weighted by molar-refractivity contribution is 5.39. The maximum atomic E-state index is 5.80. The molecule has 0 spiro atoms. The third-order valence-corrected chi connectivity index (χ3v) is 3.86. The van der Waals surface area contributed by atoms with Crippen LogP contribution in [0.2, 0.25) is 0 Å². The van der Waals surface area contributed by atoms with Crippen molar-refractivity contribution in [2.24, 2.45) is 5.92 Å². The molecule has 1 aliphatic rings. The van der Waals surface area contributed by atoms with E-state index in [1.165, 1.54) is 17.0 Å². The predicted molar refractivity (Wildman–Crippen MR) is 77.1 cm³/mol. The predicted octanol–water partition coefficient (Wildman–Crippen LogP) is 3.42. The average Bonchev–Trinajstić information content (AvgIpc) is 2.73. The van der Waals surface area contributed by atoms with Gasteiger partial charge in [0, 0.05) is 22.9 Å². The third kappa shape index (κ3) is 2.09. The van der Waals surface area contributed by atoms with Crippen molar-refractivity contribution in [2.45, 2.75) is 26.8 Å². The highest BCUT2D eigenvalue weighted by Crippen LogP contribution is 2.35. The summed E-state index contributed by atoms with van der Waals surface area (Å²) in [5, 5.41) is 0. The standard InChI is InChI=1S/C16H20N2O/c1-11-10-19-15-7-5-4-6-14(15)16(11)17-18-12(2)8-9-13(18)3/h4-9,11,16-17H,10H2,1-3H3. The molecule has 0 saturated carbocycles. The van der Waals surface area contributed by atoms with Gasteiger partial charge in [0.1, 0.15) is 5.75 Å². The lowest BCUT2D eigenvalue weighted by Crippen LogP contribution is -2.33. The van der Waals surface area contributed by atoms with Gasteiger partial charge >= 0.3 is 0 Å². The molecule has 1 N–H and O–H groups in total.